The summed E-state index contributed by atoms with van der Waals surface area (Å²) in [6, 6.07) is 6.36. The average Bonchev–Trinajstić information content (AvgIpc) is 2.88. The molecule has 0 amide bonds. The molecule has 0 aliphatic heterocycles. The van der Waals surface area contributed by atoms with Gasteiger partial charge in [0.05, 0.1) is 10.6 Å². The van der Waals surface area contributed by atoms with E-state index in [0.717, 1.165) is 11.3 Å². The Balaban J connectivity index is 1.80. The first-order valence-corrected chi connectivity index (χ1v) is 6.83. The second-order valence-electron chi connectivity index (χ2n) is 5.08. The van der Waals surface area contributed by atoms with Gasteiger partial charge in [-0.2, -0.15) is 0 Å². The molecule has 0 N–H and O–H groups in total. The van der Waals surface area contributed by atoms with E-state index >= 15 is 0 Å². The molecular formula is C15H14N4O3. The number of imidazole rings is 1. The van der Waals surface area contributed by atoms with E-state index in [9.17, 15) is 14.9 Å². The first-order chi connectivity index (χ1) is 10.5. The zero-order valence-electron chi connectivity index (χ0n) is 12.0. The van der Waals surface area contributed by atoms with Gasteiger partial charge in [-0.1, -0.05) is 12.1 Å². The topological polar surface area (TPSA) is 82.4 Å². The lowest BCUT2D eigenvalue weighted by atomic mass is 10.1. The van der Waals surface area contributed by atoms with Gasteiger partial charge in [0.15, 0.2) is 0 Å². The van der Waals surface area contributed by atoms with E-state index in [-0.39, 0.29) is 11.2 Å². The summed E-state index contributed by atoms with van der Waals surface area (Å²) in [6.07, 6.45) is 5.94. The van der Waals surface area contributed by atoms with Crippen LogP contribution in [0.25, 0.3) is 5.65 Å². The minimum absolute atomic E-state index is 0.0650. The number of nitro groups is 1. The van der Waals surface area contributed by atoms with Crippen molar-refractivity contribution < 1.29 is 4.92 Å². The van der Waals surface area contributed by atoms with E-state index in [1.165, 1.54) is 12.1 Å². The van der Waals surface area contributed by atoms with Crippen molar-refractivity contribution in [2.75, 3.05) is 0 Å². The molecular weight excluding hydrogens is 284 g/mol. The smallest absolute Gasteiger partial charge is 0.294 e. The molecule has 2 aromatic heterocycles. The van der Waals surface area contributed by atoms with Gasteiger partial charge in [-0.05, 0) is 18.9 Å². The molecule has 0 fully saturated rings. The Hall–Kier alpha value is -2.96. The van der Waals surface area contributed by atoms with Gasteiger partial charge in [-0.3, -0.25) is 14.9 Å². The summed E-state index contributed by atoms with van der Waals surface area (Å²) in [5.41, 5.74) is 2.07. The number of hydrogen-bond acceptors (Lipinski definition) is 4. The molecule has 0 bridgehead atoms. The van der Waals surface area contributed by atoms with Crippen LogP contribution in [0.15, 0.2) is 47.7 Å². The van der Waals surface area contributed by atoms with E-state index in [4.69, 9.17) is 0 Å². The van der Waals surface area contributed by atoms with Gasteiger partial charge in [0.25, 0.3) is 11.2 Å². The number of benzene rings is 1. The highest BCUT2D eigenvalue weighted by molar-refractivity contribution is 5.37. The summed E-state index contributed by atoms with van der Waals surface area (Å²) >= 11 is 0. The lowest BCUT2D eigenvalue weighted by Crippen LogP contribution is -2.22. The van der Waals surface area contributed by atoms with Crippen LogP contribution in [0.2, 0.25) is 0 Å². The minimum Gasteiger partial charge on any atom is -0.311 e. The number of rotatable bonds is 4. The summed E-state index contributed by atoms with van der Waals surface area (Å²) in [4.78, 5) is 26.7. The molecule has 0 aliphatic rings. The van der Waals surface area contributed by atoms with E-state index in [2.05, 4.69) is 4.98 Å². The van der Waals surface area contributed by atoms with Crippen LogP contribution >= 0.6 is 0 Å². The third-order valence-corrected chi connectivity index (χ3v) is 3.50. The number of aromatic nitrogens is 3. The van der Waals surface area contributed by atoms with Gasteiger partial charge in [0, 0.05) is 37.3 Å². The molecule has 112 valence electrons. The molecule has 3 rings (SSSR count). The third-order valence-electron chi connectivity index (χ3n) is 3.50. The molecule has 0 radical (unpaired) electrons. The van der Waals surface area contributed by atoms with Gasteiger partial charge in [-0.25, -0.2) is 4.98 Å². The number of nitro benzene ring substituents is 1. The largest absolute Gasteiger partial charge is 0.311 e. The first-order valence-electron chi connectivity index (χ1n) is 6.83. The fourth-order valence-corrected chi connectivity index (χ4v) is 2.35. The summed E-state index contributed by atoms with van der Waals surface area (Å²) in [5.74, 6) is 0. The molecule has 0 unspecified atom stereocenters. The summed E-state index contributed by atoms with van der Waals surface area (Å²) in [5, 5.41) is 10.6. The number of hydrogen-bond donors (Lipinski definition) is 0. The van der Waals surface area contributed by atoms with Crippen LogP contribution in [-0.4, -0.2) is 18.9 Å². The van der Waals surface area contributed by atoms with Crippen LogP contribution in [0.3, 0.4) is 0 Å². The van der Waals surface area contributed by atoms with Crippen molar-refractivity contribution in [3.05, 3.63) is 74.6 Å². The Bertz CT molecular complexity index is 893. The zero-order chi connectivity index (χ0) is 15.7. The van der Waals surface area contributed by atoms with Crippen molar-refractivity contribution in [1.29, 1.82) is 0 Å². The van der Waals surface area contributed by atoms with Gasteiger partial charge < -0.3 is 8.97 Å². The van der Waals surface area contributed by atoms with Crippen LogP contribution in [0.5, 0.6) is 0 Å². The second kappa shape index (κ2) is 5.44. The van der Waals surface area contributed by atoms with Crippen molar-refractivity contribution >= 4 is 11.3 Å². The van der Waals surface area contributed by atoms with E-state index in [1.807, 2.05) is 6.92 Å². The van der Waals surface area contributed by atoms with Crippen LogP contribution in [0.4, 0.5) is 5.69 Å². The Morgan fingerprint density at radius 1 is 1.23 bits per heavy atom. The van der Waals surface area contributed by atoms with E-state index in [1.54, 1.807) is 39.7 Å². The van der Waals surface area contributed by atoms with Crippen LogP contribution in [0, 0.1) is 17.0 Å². The number of non-ortho nitro benzene ring substituents is 1. The molecule has 7 nitrogen and oxygen atoms in total. The standard InChI is InChI=1S/C15H14N4O3/c1-11-10-18-9-8-17(15(20)14(18)16-11)7-6-12-2-4-13(5-3-12)19(21)22/h2-5,8-10H,6-7H2,1H3. The fourth-order valence-electron chi connectivity index (χ4n) is 2.35. The lowest BCUT2D eigenvalue weighted by Gasteiger charge is -2.06. The first kappa shape index (κ1) is 14.0. The SMILES string of the molecule is Cc1cn2ccn(CCc3ccc([N+](=O)[O-])cc3)c(=O)c2n1. The Morgan fingerprint density at radius 2 is 1.95 bits per heavy atom. The van der Waals surface area contributed by atoms with Crippen molar-refractivity contribution in [1.82, 2.24) is 14.0 Å². The van der Waals surface area contributed by atoms with Gasteiger partial charge in [0.2, 0.25) is 5.65 Å². The third kappa shape index (κ3) is 2.60. The number of fused-ring (bicyclic) bond motifs is 1. The molecule has 0 atom stereocenters. The number of nitrogens with zero attached hydrogens (tertiary/aromatic N) is 4. The molecule has 0 saturated carbocycles. The quantitative estimate of drug-likeness (QED) is 0.544. The maximum atomic E-state index is 12.3. The Labute approximate surface area is 125 Å². The lowest BCUT2D eigenvalue weighted by molar-refractivity contribution is -0.384. The maximum absolute atomic E-state index is 12.3. The summed E-state index contributed by atoms with van der Waals surface area (Å²) in [7, 11) is 0. The molecule has 2 heterocycles. The fraction of sp³-hybridized carbons (Fsp3) is 0.200. The molecule has 0 saturated heterocycles. The van der Waals surface area contributed by atoms with E-state index < -0.39 is 4.92 Å². The van der Waals surface area contributed by atoms with Crippen molar-refractivity contribution in [2.24, 2.45) is 0 Å². The van der Waals surface area contributed by atoms with Gasteiger partial charge in [0.1, 0.15) is 0 Å². The number of aryl methyl sites for hydroxylation is 3. The molecule has 0 spiro atoms. The molecule has 3 aromatic rings. The monoisotopic (exact) mass is 298 g/mol. The van der Waals surface area contributed by atoms with Crippen molar-refractivity contribution in [2.45, 2.75) is 19.9 Å². The van der Waals surface area contributed by atoms with Crippen molar-refractivity contribution in [3.8, 4) is 0 Å². The molecule has 1 aromatic carbocycles. The van der Waals surface area contributed by atoms with Crippen LogP contribution in [0.1, 0.15) is 11.3 Å². The van der Waals surface area contributed by atoms with Crippen LogP contribution < -0.4 is 5.56 Å². The van der Waals surface area contributed by atoms with Crippen LogP contribution in [-0.2, 0) is 13.0 Å². The van der Waals surface area contributed by atoms with E-state index in [0.29, 0.717) is 18.6 Å². The summed E-state index contributed by atoms with van der Waals surface area (Å²) in [6.45, 7) is 2.34. The predicted octanol–water partition coefficient (Wildman–Crippen LogP) is 1.96. The summed E-state index contributed by atoms with van der Waals surface area (Å²) < 4.78 is 3.31. The molecule has 7 heteroatoms. The predicted molar refractivity (Wildman–Crippen MR) is 81.0 cm³/mol. The van der Waals surface area contributed by atoms with Gasteiger partial charge in [-0.15, -0.1) is 0 Å². The minimum atomic E-state index is -0.428. The second-order valence-corrected chi connectivity index (χ2v) is 5.08. The zero-order valence-corrected chi connectivity index (χ0v) is 12.0. The molecule has 0 aliphatic carbocycles. The Morgan fingerprint density at radius 3 is 2.64 bits per heavy atom. The van der Waals surface area contributed by atoms with Gasteiger partial charge >= 0.3 is 0 Å². The average molecular weight is 298 g/mol. The highest BCUT2D eigenvalue weighted by Gasteiger charge is 2.07. The maximum Gasteiger partial charge on any atom is 0.294 e. The molecule has 22 heavy (non-hydrogen) atoms. The highest BCUT2D eigenvalue weighted by Crippen LogP contribution is 2.12. The normalized spacial score (nSPS) is 11.0. The Kier molecular flexibility index (Phi) is 3.46. The van der Waals surface area contributed by atoms with Crippen molar-refractivity contribution in [3.63, 3.8) is 0 Å². The highest BCUT2D eigenvalue weighted by atomic mass is 16.6.